The molecule has 1 aliphatic rings. The largest absolute Gasteiger partial charge is 0.490 e. The topological polar surface area (TPSA) is 54.0 Å². The molecule has 0 bridgehead atoms. The van der Waals surface area contributed by atoms with Crippen LogP contribution in [0.15, 0.2) is 53.0 Å². The lowest BCUT2D eigenvalue weighted by molar-refractivity contribution is 0.0161. The summed E-state index contributed by atoms with van der Waals surface area (Å²) < 4.78 is 22.7. The van der Waals surface area contributed by atoms with Crippen LogP contribution < -0.4 is 9.47 Å². The molecular weight excluding hydrogens is 400 g/mol. The number of benzene rings is 2. The van der Waals surface area contributed by atoms with Crippen molar-refractivity contribution in [2.75, 3.05) is 26.4 Å². The molecule has 6 heteroatoms. The average Bonchev–Trinajstić information content (AvgIpc) is 3.19. The highest BCUT2D eigenvalue weighted by atomic mass is 79.9. The predicted octanol–water partition coefficient (Wildman–Crippen LogP) is 4.24. The third-order valence-electron chi connectivity index (χ3n) is 3.94. The van der Waals surface area contributed by atoms with E-state index in [2.05, 4.69) is 15.9 Å². The lowest BCUT2D eigenvalue weighted by atomic mass is 10.2. The van der Waals surface area contributed by atoms with Gasteiger partial charge in [0.1, 0.15) is 31.3 Å². The van der Waals surface area contributed by atoms with E-state index in [0.717, 1.165) is 25.2 Å². The summed E-state index contributed by atoms with van der Waals surface area (Å²) in [7, 11) is 0. The Morgan fingerprint density at radius 1 is 1.12 bits per heavy atom. The average molecular weight is 421 g/mol. The summed E-state index contributed by atoms with van der Waals surface area (Å²) in [5, 5.41) is 0. The smallest absolute Gasteiger partial charge is 0.338 e. The molecular formula is C20H21BrO5. The van der Waals surface area contributed by atoms with Crippen molar-refractivity contribution in [3.05, 3.63) is 58.6 Å². The minimum absolute atomic E-state index is 0.0228. The molecule has 2 aromatic carbocycles. The molecule has 0 N–H and O–H groups in total. The molecule has 1 aliphatic heterocycles. The standard InChI is InChI=1S/C20H21BrO5/c21-18-13-15(20(22)26-14-17-7-4-10-23-17)8-9-19(18)25-12-11-24-16-5-2-1-3-6-16/h1-3,5-6,8-9,13,17H,4,7,10-12,14H2. The number of rotatable bonds is 8. The molecule has 1 fully saturated rings. The summed E-state index contributed by atoms with van der Waals surface area (Å²) in [5.74, 6) is 1.09. The molecule has 1 unspecified atom stereocenters. The maximum Gasteiger partial charge on any atom is 0.338 e. The maximum absolute atomic E-state index is 12.1. The van der Waals surface area contributed by atoms with Crippen LogP contribution in [0.3, 0.4) is 0 Å². The molecule has 0 saturated carbocycles. The van der Waals surface area contributed by atoms with Gasteiger partial charge in [-0.1, -0.05) is 18.2 Å². The van der Waals surface area contributed by atoms with E-state index in [9.17, 15) is 4.79 Å². The number of halogens is 1. The number of hydrogen-bond donors (Lipinski definition) is 0. The van der Waals surface area contributed by atoms with Crippen LogP contribution in [0.4, 0.5) is 0 Å². The number of carbonyl (C=O) groups is 1. The van der Waals surface area contributed by atoms with Crippen molar-refractivity contribution in [1.82, 2.24) is 0 Å². The number of carbonyl (C=O) groups excluding carboxylic acids is 1. The van der Waals surface area contributed by atoms with Crippen molar-refractivity contribution < 1.29 is 23.7 Å². The van der Waals surface area contributed by atoms with Gasteiger partial charge in [-0.2, -0.15) is 0 Å². The van der Waals surface area contributed by atoms with E-state index in [4.69, 9.17) is 18.9 Å². The van der Waals surface area contributed by atoms with Crippen LogP contribution in [0.1, 0.15) is 23.2 Å². The van der Waals surface area contributed by atoms with Gasteiger partial charge in [-0.15, -0.1) is 0 Å². The Labute approximate surface area is 161 Å². The quantitative estimate of drug-likeness (QED) is 0.472. The normalized spacial score (nSPS) is 16.3. The van der Waals surface area contributed by atoms with Gasteiger partial charge < -0.3 is 18.9 Å². The summed E-state index contributed by atoms with van der Waals surface area (Å²) in [6.45, 7) is 1.87. The second kappa shape index (κ2) is 9.59. The van der Waals surface area contributed by atoms with E-state index in [1.54, 1.807) is 18.2 Å². The molecule has 1 saturated heterocycles. The van der Waals surface area contributed by atoms with Crippen molar-refractivity contribution in [2.45, 2.75) is 18.9 Å². The molecule has 1 atom stereocenters. The van der Waals surface area contributed by atoms with Gasteiger partial charge in [0.2, 0.25) is 0 Å². The molecule has 138 valence electrons. The van der Waals surface area contributed by atoms with Crippen LogP contribution in [0.2, 0.25) is 0 Å². The summed E-state index contributed by atoms with van der Waals surface area (Å²) in [6.07, 6.45) is 1.98. The number of esters is 1. The van der Waals surface area contributed by atoms with E-state index in [1.165, 1.54) is 0 Å². The van der Waals surface area contributed by atoms with E-state index >= 15 is 0 Å². The van der Waals surface area contributed by atoms with Crippen molar-refractivity contribution in [3.63, 3.8) is 0 Å². The highest BCUT2D eigenvalue weighted by Crippen LogP contribution is 2.26. The second-order valence-electron chi connectivity index (χ2n) is 5.89. The molecule has 0 aliphatic carbocycles. The number of hydrogen-bond acceptors (Lipinski definition) is 5. The van der Waals surface area contributed by atoms with Crippen LogP contribution in [-0.2, 0) is 9.47 Å². The van der Waals surface area contributed by atoms with Gasteiger partial charge in [0.05, 0.1) is 16.1 Å². The van der Waals surface area contributed by atoms with Gasteiger partial charge in [-0.25, -0.2) is 4.79 Å². The van der Waals surface area contributed by atoms with E-state index in [1.807, 2.05) is 30.3 Å². The Morgan fingerprint density at radius 2 is 1.92 bits per heavy atom. The van der Waals surface area contributed by atoms with Crippen LogP contribution >= 0.6 is 15.9 Å². The molecule has 3 rings (SSSR count). The minimum Gasteiger partial charge on any atom is -0.490 e. The third-order valence-corrected chi connectivity index (χ3v) is 4.56. The van der Waals surface area contributed by atoms with Gasteiger partial charge >= 0.3 is 5.97 Å². The first-order valence-corrected chi connectivity index (χ1v) is 9.40. The predicted molar refractivity (Wildman–Crippen MR) is 101 cm³/mol. The Balaban J connectivity index is 1.45. The zero-order chi connectivity index (χ0) is 18.2. The van der Waals surface area contributed by atoms with E-state index in [-0.39, 0.29) is 12.1 Å². The fourth-order valence-electron chi connectivity index (χ4n) is 2.60. The Hall–Kier alpha value is -2.05. The monoisotopic (exact) mass is 420 g/mol. The summed E-state index contributed by atoms with van der Waals surface area (Å²) >= 11 is 3.43. The first-order valence-electron chi connectivity index (χ1n) is 8.61. The van der Waals surface area contributed by atoms with Gasteiger partial charge in [0.25, 0.3) is 0 Å². The Kier molecular flexibility index (Phi) is 6.91. The first-order chi connectivity index (χ1) is 12.7. The lowest BCUT2D eigenvalue weighted by Gasteiger charge is -2.12. The summed E-state index contributed by atoms with van der Waals surface area (Å²) in [6, 6.07) is 14.7. The molecule has 0 spiro atoms. The van der Waals surface area contributed by atoms with Crippen molar-refractivity contribution in [2.24, 2.45) is 0 Å². The van der Waals surface area contributed by atoms with E-state index in [0.29, 0.717) is 35.6 Å². The highest BCUT2D eigenvalue weighted by molar-refractivity contribution is 9.10. The maximum atomic E-state index is 12.1. The zero-order valence-corrected chi connectivity index (χ0v) is 15.9. The highest BCUT2D eigenvalue weighted by Gasteiger charge is 2.18. The summed E-state index contributed by atoms with van der Waals surface area (Å²) in [4.78, 5) is 12.1. The lowest BCUT2D eigenvalue weighted by Crippen LogP contribution is -2.17. The van der Waals surface area contributed by atoms with E-state index < -0.39 is 0 Å². The third kappa shape index (κ3) is 5.47. The minimum atomic E-state index is -0.361. The van der Waals surface area contributed by atoms with Crippen LogP contribution in [0.5, 0.6) is 11.5 Å². The fourth-order valence-corrected chi connectivity index (χ4v) is 3.09. The molecule has 0 radical (unpaired) electrons. The molecule has 5 nitrogen and oxygen atoms in total. The second-order valence-corrected chi connectivity index (χ2v) is 6.74. The molecule has 0 amide bonds. The number of ether oxygens (including phenoxy) is 4. The summed E-state index contributed by atoms with van der Waals surface area (Å²) in [5.41, 5.74) is 0.475. The molecule has 0 aromatic heterocycles. The van der Waals surface area contributed by atoms with Gasteiger partial charge in [0.15, 0.2) is 0 Å². The van der Waals surface area contributed by atoms with Crippen molar-refractivity contribution in [1.29, 1.82) is 0 Å². The van der Waals surface area contributed by atoms with Gasteiger partial charge in [-0.05, 0) is 59.1 Å². The number of para-hydroxylation sites is 1. The van der Waals surface area contributed by atoms with Crippen LogP contribution in [-0.4, -0.2) is 38.5 Å². The van der Waals surface area contributed by atoms with Gasteiger partial charge in [-0.3, -0.25) is 0 Å². The van der Waals surface area contributed by atoms with Gasteiger partial charge in [0, 0.05) is 6.61 Å². The Bertz CT molecular complexity index is 713. The molecule has 2 aromatic rings. The zero-order valence-electron chi connectivity index (χ0n) is 14.4. The van der Waals surface area contributed by atoms with Crippen LogP contribution in [0, 0.1) is 0 Å². The molecule has 26 heavy (non-hydrogen) atoms. The van der Waals surface area contributed by atoms with Crippen molar-refractivity contribution in [3.8, 4) is 11.5 Å². The first kappa shape index (κ1) is 18.7. The Morgan fingerprint density at radius 3 is 2.65 bits per heavy atom. The van der Waals surface area contributed by atoms with Crippen molar-refractivity contribution >= 4 is 21.9 Å². The molecule has 1 heterocycles. The fraction of sp³-hybridized carbons (Fsp3) is 0.350. The van der Waals surface area contributed by atoms with Crippen LogP contribution in [0.25, 0.3) is 0 Å². The SMILES string of the molecule is O=C(OCC1CCCO1)c1ccc(OCCOc2ccccc2)c(Br)c1.